The number of para-hydroxylation sites is 4. The molecule has 7 aromatic rings. The van der Waals surface area contributed by atoms with Gasteiger partial charge in [0, 0.05) is 32.9 Å². The topological polar surface area (TPSA) is 73.3 Å². The molecule has 1 aliphatic carbocycles. The molecule has 0 unspecified atom stereocenters. The zero-order valence-electron chi connectivity index (χ0n) is 27.7. The third-order valence-electron chi connectivity index (χ3n) is 10.6. The fraction of sp³-hybridized carbons (Fsp3) is 0.136. The van der Waals surface area contributed by atoms with Crippen molar-refractivity contribution in [1.29, 1.82) is 0 Å². The van der Waals surface area contributed by atoms with E-state index in [1.54, 1.807) is 6.08 Å². The smallest absolute Gasteiger partial charge is 0.269 e. The fourth-order valence-electron chi connectivity index (χ4n) is 8.31. The first-order valence-corrected chi connectivity index (χ1v) is 17.4. The molecule has 0 bridgehead atoms. The highest BCUT2D eigenvalue weighted by Gasteiger charge is 2.43. The molecule has 5 aromatic carbocycles. The predicted octanol–water partition coefficient (Wildman–Crippen LogP) is 9.97. The molecule has 6 nitrogen and oxygen atoms in total. The Morgan fingerprint density at radius 2 is 1.10 bits per heavy atom. The van der Waals surface area contributed by atoms with E-state index < -0.39 is 11.8 Å². The van der Waals surface area contributed by atoms with Gasteiger partial charge in [0.2, 0.25) is 0 Å². The molecule has 2 aliphatic rings. The number of hydrogen-bond donors (Lipinski definition) is 1. The van der Waals surface area contributed by atoms with Gasteiger partial charge in [0.1, 0.15) is 5.82 Å². The summed E-state index contributed by atoms with van der Waals surface area (Å²) in [5.41, 5.74) is 13.6. The Kier molecular flexibility index (Phi) is 7.06. The number of fused-ring (bicyclic) bond motifs is 10. The molecule has 3 heterocycles. The number of hydrogen-bond acceptors (Lipinski definition) is 3. The number of amides is 2. The highest BCUT2D eigenvalue weighted by atomic mass is 16.2. The molecule has 6 heteroatoms. The maximum Gasteiger partial charge on any atom is 0.269 e. The average molecular weight is 653 g/mol. The van der Waals surface area contributed by atoms with Gasteiger partial charge < -0.3 is 14.9 Å². The van der Waals surface area contributed by atoms with E-state index in [0.29, 0.717) is 28.1 Å². The molecular formula is C44H36N4O2. The molecule has 50 heavy (non-hydrogen) atoms. The van der Waals surface area contributed by atoms with E-state index in [4.69, 9.17) is 5.73 Å². The fourth-order valence-corrected chi connectivity index (χ4v) is 8.31. The van der Waals surface area contributed by atoms with Gasteiger partial charge in [-0.3, -0.25) is 9.59 Å². The highest BCUT2D eigenvalue weighted by molar-refractivity contribution is 6.40. The normalized spacial score (nSPS) is 15.8. The van der Waals surface area contributed by atoms with E-state index >= 15 is 0 Å². The van der Waals surface area contributed by atoms with Crippen LogP contribution in [0.2, 0.25) is 0 Å². The molecule has 0 saturated heterocycles. The number of carbonyl (C=O) groups excluding carboxylic acids is 2. The molecule has 0 spiro atoms. The summed E-state index contributed by atoms with van der Waals surface area (Å²) in [5, 5.41) is 3.86. The molecule has 1 fully saturated rings. The zero-order valence-corrected chi connectivity index (χ0v) is 27.7. The summed E-state index contributed by atoms with van der Waals surface area (Å²) >= 11 is 0. The first kappa shape index (κ1) is 30.0. The number of imide groups is 1. The molecule has 2 amide bonds. The van der Waals surface area contributed by atoms with Crippen molar-refractivity contribution < 1.29 is 9.59 Å². The van der Waals surface area contributed by atoms with Crippen molar-refractivity contribution in [2.45, 2.75) is 32.1 Å². The van der Waals surface area contributed by atoms with E-state index in [1.807, 2.05) is 97.1 Å². The number of rotatable bonds is 6. The lowest BCUT2D eigenvalue weighted by Crippen LogP contribution is -2.33. The Hall–Kier alpha value is -6.14. The van der Waals surface area contributed by atoms with Crippen LogP contribution in [0.4, 0.5) is 0 Å². The number of aromatic nitrogens is 2. The molecule has 2 N–H and O–H groups in total. The molecular weight excluding hydrogens is 617 g/mol. The van der Waals surface area contributed by atoms with Gasteiger partial charge in [-0.15, -0.1) is 0 Å². The van der Waals surface area contributed by atoms with Gasteiger partial charge >= 0.3 is 0 Å². The van der Waals surface area contributed by atoms with Crippen LogP contribution in [0.5, 0.6) is 0 Å². The van der Waals surface area contributed by atoms with Crippen LogP contribution >= 0.6 is 0 Å². The van der Waals surface area contributed by atoms with Crippen LogP contribution in [0.15, 0.2) is 145 Å². The van der Waals surface area contributed by atoms with Crippen molar-refractivity contribution in [2.24, 2.45) is 11.7 Å². The first-order chi connectivity index (χ1) is 24.5. The standard InChI is InChI=1S/C44H36N4O2/c1-28(29-17-5-2-6-18-29)16-15-27-36(45)48-43(49)39-40(44(48)50)42-38(33-24-12-14-26-35(33)47(42)31-21-9-4-10-22-31)37-32-23-11-13-25-34(32)46(41(37)39)30-19-7-3-8-20-30/h3-4,7-16,19-27,29H,1-2,5-6,17-18,45H2/b16-15-,36-27+. The molecule has 0 atom stereocenters. The van der Waals surface area contributed by atoms with Gasteiger partial charge in [-0.1, -0.05) is 116 Å². The Labute approximate surface area is 290 Å². The van der Waals surface area contributed by atoms with Crippen molar-refractivity contribution in [3.63, 3.8) is 0 Å². The Morgan fingerprint density at radius 3 is 1.60 bits per heavy atom. The van der Waals surface area contributed by atoms with Crippen LogP contribution in [0.1, 0.15) is 52.8 Å². The summed E-state index contributed by atoms with van der Waals surface area (Å²) in [6.07, 6.45) is 11.4. The number of nitrogens with zero attached hydrogens (tertiary/aromatic N) is 3. The van der Waals surface area contributed by atoms with Gasteiger partial charge in [-0.2, -0.15) is 0 Å². The van der Waals surface area contributed by atoms with Crippen molar-refractivity contribution in [3.05, 3.63) is 157 Å². The summed E-state index contributed by atoms with van der Waals surface area (Å²) in [7, 11) is 0. The Morgan fingerprint density at radius 1 is 0.640 bits per heavy atom. The largest absolute Gasteiger partial charge is 0.385 e. The molecule has 1 aliphatic heterocycles. The van der Waals surface area contributed by atoms with Gasteiger partial charge in [0.25, 0.3) is 11.8 Å². The summed E-state index contributed by atoms with van der Waals surface area (Å²) in [6, 6.07) is 36.5. The van der Waals surface area contributed by atoms with Crippen LogP contribution in [0.25, 0.3) is 55.0 Å². The molecule has 244 valence electrons. The van der Waals surface area contributed by atoms with Crippen LogP contribution in [-0.4, -0.2) is 25.8 Å². The third kappa shape index (κ3) is 4.41. The van der Waals surface area contributed by atoms with E-state index in [1.165, 1.54) is 19.3 Å². The second kappa shape index (κ2) is 11.8. The number of carbonyl (C=O) groups is 2. The maximum atomic E-state index is 14.9. The molecule has 0 radical (unpaired) electrons. The minimum atomic E-state index is -0.435. The maximum absolute atomic E-state index is 14.9. The Balaban J connectivity index is 1.37. The first-order valence-electron chi connectivity index (χ1n) is 17.4. The van der Waals surface area contributed by atoms with Gasteiger partial charge in [-0.05, 0) is 61.2 Å². The number of benzene rings is 5. The summed E-state index contributed by atoms with van der Waals surface area (Å²) in [5.74, 6) is -0.338. The van der Waals surface area contributed by atoms with Crippen LogP contribution in [-0.2, 0) is 0 Å². The van der Waals surface area contributed by atoms with Gasteiger partial charge in [0.05, 0.1) is 33.2 Å². The Bertz CT molecular complexity index is 2430. The lowest BCUT2D eigenvalue weighted by atomic mass is 9.84. The lowest BCUT2D eigenvalue weighted by Gasteiger charge is -2.21. The van der Waals surface area contributed by atoms with Gasteiger partial charge in [-0.25, -0.2) is 4.90 Å². The minimum Gasteiger partial charge on any atom is -0.385 e. The second-order valence-corrected chi connectivity index (χ2v) is 13.4. The zero-order chi connectivity index (χ0) is 33.9. The lowest BCUT2D eigenvalue weighted by molar-refractivity contribution is 0.0703. The van der Waals surface area contributed by atoms with Crippen molar-refractivity contribution in [2.75, 3.05) is 0 Å². The van der Waals surface area contributed by atoms with Crippen molar-refractivity contribution in [3.8, 4) is 11.4 Å². The van der Waals surface area contributed by atoms with E-state index in [-0.39, 0.29) is 5.82 Å². The van der Waals surface area contributed by atoms with E-state index in [2.05, 4.69) is 40.0 Å². The molecule has 9 rings (SSSR count). The molecule has 1 saturated carbocycles. The summed E-state index contributed by atoms with van der Waals surface area (Å²) in [6.45, 7) is 4.31. The van der Waals surface area contributed by atoms with Crippen LogP contribution < -0.4 is 5.73 Å². The quantitative estimate of drug-likeness (QED) is 0.144. The van der Waals surface area contributed by atoms with Crippen molar-refractivity contribution in [1.82, 2.24) is 14.0 Å². The SMILES string of the molecule is C=C(/C=C\C=C(/N)N1C(=O)c2c(c3c(c4ccccc4n3-c3ccccc3)c3c4ccccc4n(-c4ccccc4)c23)C1=O)C1CCCCC1. The average Bonchev–Trinajstić information content (AvgIpc) is 3.77. The number of allylic oxidation sites excluding steroid dienone is 4. The predicted molar refractivity (Wildman–Crippen MR) is 203 cm³/mol. The van der Waals surface area contributed by atoms with Crippen LogP contribution in [0, 0.1) is 5.92 Å². The molecule has 2 aromatic heterocycles. The second-order valence-electron chi connectivity index (χ2n) is 13.4. The monoisotopic (exact) mass is 652 g/mol. The van der Waals surface area contributed by atoms with E-state index in [9.17, 15) is 9.59 Å². The summed E-state index contributed by atoms with van der Waals surface area (Å²) in [4.78, 5) is 30.9. The summed E-state index contributed by atoms with van der Waals surface area (Å²) < 4.78 is 4.25. The van der Waals surface area contributed by atoms with Crippen molar-refractivity contribution >= 4 is 55.4 Å². The van der Waals surface area contributed by atoms with Crippen LogP contribution in [0.3, 0.4) is 0 Å². The third-order valence-corrected chi connectivity index (χ3v) is 10.6. The minimum absolute atomic E-state index is 0.0786. The highest BCUT2D eigenvalue weighted by Crippen LogP contribution is 2.48. The van der Waals surface area contributed by atoms with E-state index in [0.717, 1.165) is 67.3 Å². The van der Waals surface area contributed by atoms with Gasteiger partial charge in [0.15, 0.2) is 0 Å². The number of nitrogens with two attached hydrogens (primary N) is 1.